The Hall–Kier alpha value is -1.88. The number of nitrogens with zero attached hydrogens (tertiary/aromatic N) is 2. The smallest absolute Gasteiger partial charge is 0.420 e. The third-order valence-corrected chi connectivity index (χ3v) is 2.94. The van der Waals surface area contributed by atoms with Crippen LogP contribution < -0.4 is 5.32 Å². The molecule has 21 heavy (non-hydrogen) atoms. The van der Waals surface area contributed by atoms with Gasteiger partial charge in [0.1, 0.15) is 11.2 Å². The largest absolute Gasteiger partial charge is 0.443 e. The first kappa shape index (κ1) is 15.5. The van der Waals surface area contributed by atoms with Gasteiger partial charge < -0.3 is 10.1 Å². The second-order valence-electron chi connectivity index (χ2n) is 6.41. The maximum absolute atomic E-state index is 12.3. The van der Waals surface area contributed by atoms with E-state index in [0.29, 0.717) is 18.2 Å². The van der Waals surface area contributed by atoms with E-state index in [0.717, 1.165) is 10.9 Å². The van der Waals surface area contributed by atoms with E-state index >= 15 is 0 Å². The Kier molecular flexibility index (Phi) is 4.32. The summed E-state index contributed by atoms with van der Waals surface area (Å²) in [6, 6.07) is 4.22. The van der Waals surface area contributed by atoms with Gasteiger partial charge in [-0.1, -0.05) is 13.8 Å². The van der Waals surface area contributed by atoms with Gasteiger partial charge in [0.2, 0.25) is 0 Å². The van der Waals surface area contributed by atoms with E-state index < -0.39 is 11.7 Å². The van der Waals surface area contributed by atoms with Crippen LogP contribution in [0.15, 0.2) is 24.5 Å². The molecule has 2 heterocycles. The van der Waals surface area contributed by atoms with Crippen molar-refractivity contribution in [1.82, 2.24) is 14.9 Å². The number of hydrogen-bond acceptors (Lipinski definition) is 4. The maximum Gasteiger partial charge on any atom is 0.420 e. The van der Waals surface area contributed by atoms with Gasteiger partial charge in [0, 0.05) is 30.4 Å². The predicted molar refractivity (Wildman–Crippen MR) is 83.3 cm³/mol. The van der Waals surface area contributed by atoms with E-state index in [2.05, 4.69) is 24.1 Å². The van der Waals surface area contributed by atoms with Gasteiger partial charge in [-0.25, -0.2) is 14.3 Å². The van der Waals surface area contributed by atoms with Gasteiger partial charge in [0.15, 0.2) is 0 Å². The van der Waals surface area contributed by atoms with E-state index in [9.17, 15) is 4.79 Å². The lowest BCUT2D eigenvalue weighted by molar-refractivity contribution is 0.0543. The number of pyridine rings is 1. The molecule has 0 saturated heterocycles. The lowest BCUT2D eigenvalue weighted by Crippen LogP contribution is -2.27. The van der Waals surface area contributed by atoms with Gasteiger partial charge in [0.05, 0.1) is 0 Å². The molecule has 114 valence electrons. The molecule has 5 heteroatoms. The molecule has 1 N–H and O–H groups in total. The molecule has 0 aromatic carbocycles. The van der Waals surface area contributed by atoms with Crippen LogP contribution in [-0.2, 0) is 11.3 Å². The molecule has 5 nitrogen and oxygen atoms in total. The van der Waals surface area contributed by atoms with Gasteiger partial charge in [-0.15, -0.1) is 0 Å². The number of hydrogen-bond donors (Lipinski definition) is 1. The molecule has 0 radical (unpaired) electrons. The molecule has 0 saturated carbocycles. The van der Waals surface area contributed by atoms with Gasteiger partial charge in [0.25, 0.3) is 0 Å². The van der Waals surface area contributed by atoms with Gasteiger partial charge in [-0.3, -0.25) is 0 Å². The molecule has 0 aliphatic rings. The fourth-order valence-corrected chi connectivity index (χ4v) is 2.03. The van der Waals surface area contributed by atoms with Crippen LogP contribution >= 0.6 is 0 Å². The summed E-state index contributed by atoms with van der Waals surface area (Å²) in [7, 11) is 0. The van der Waals surface area contributed by atoms with E-state index in [4.69, 9.17) is 4.74 Å². The van der Waals surface area contributed by atoms with Crippen molar-refractivity contribution >= 4 is 17.1 Å². The number of carbonyl (C=O) groups excluding carboxylic acids is 1. The Morgan fingerprint density at radius 2 is 2.14 bits per heavy atom. The highest BCUT2D eigenvalue weighted by molar-refractivity contribution is 5.89. The minimum Gasteiger partial charge on any atom is -0.443 e. The van der Waals surface area contributed by atoms with Crippen LogP contribution in [0.3, 0.4) is 0 Å². The van der Waals surface area contributed by atoms with Crippen molar-refractivity contribution < 1.29 is 9.53 Å². The minimum atomic E-state index is -0.529. The maximum atomic E-state index is 12.3. The molecular formula is C16H23N3O2. The highest BCUT2D eigenvalue weighted by Crippen LogP contribution is 2.21. The van der Waals surface area contributed by atoms with Crippen molar-refractivity contribution in [3.8, 4) is 0 Å². The lowest BCUT2D eigenvalue weighted by atomic mass is 10.2. The van der Waals surface area contributed by atoms with Crippen LogP contribution in [0.4, 0.5) is 4.79 Å². The zero-order valence-electron chi connectivity index (χ0n) is 13.3. The van der Waals surface area contributed by atoms with Crippen LogP contribution in [0.25, 0.3) is 11.0 Å². The molecule has 0 atom stereocenters. The number of aromatic nitrogens is 2. The van der Waals surface area contributed by atoms with E-state index in [-0.39, 0.29) is 0 Å². The topological polar surface area (TPSA) is 56.2 Å². The number of carbonyl (C=O) groups is 1. The summed E-state index contributed by atoms with van der Waals surface area (Å²) in [6.07, 6.45) is 3.09. The average molecular weight is 289 g/mol. The summed E-state index contributed by atoms with van der Waals surface area (Å²) < 4.78 is 6.92. The zero-order valence-corrected chi connectivity index (χ0v) is 13.3. The quantitative estimate of drug-likeness (QED) is 0.941. The van der Waals surface area contributed by atoms with Crippen LogP contribution in [-0.4, -0.2) is 27.3 Å². The Morgan fingerprint density at radius 1 is 1.43 bits per heavy atom. The summed E-state index contributed by atoms with van der Waals surface area (Å²) >= 11 is 0. The Balaban J connectivity index is 2.38. The molecule has 2 rings (SSSR count). The molecule has 2 aromatic rings. The second-order valence-corrected chi connectivity index (χ2v) is 6.41. The zero-order chi connectivity index (χ0) is 15.6. The van der Waals surface area contributed by atoms with Crippen molar-refractivity contribution in [2.45, 2.75) is 52.8 Å². The monoisotopic (exact) mass is 289 g/mol. The molecule has 0 bridgehead atoms. The van der Waals surface area contributed by atoms with Crippen molar-refractivity contribution in [2.75, 3.05) is 0 Å². The normalized spacial score (nSPS) is 12.1. The first-order valence-electron chi connectivity index (χ1n) is 7.19. The van der Waals surface area contributed by atoms with Crippen molar-refractivity contribution in [3.05, 3.63) is 30.1 Å². The highest BCUT2D eigenvalue weighted by Gasteiger charge is 2.21. The third-order valence-electron chi connectivity index (χ3n) is 2.94. The SMILES string of the molecule is CC(C)NCc1cn(C(=O)OC(C)(C)C)c2ncccc12. The molecule has 0 unspecified atom stereocenters. The van der Waals surface area contributed by atoms with Crippen molar-refractivity contribution in [3.63, 3.8) is 0 Å². The Labute approximate surface area is 125 Å². The van der Waals surface area contributed by atoms with Crippen LogP contribution in [0.1, 0.15) is 40.2 Å². The molecular weight excluding hydrogens is 266 g/mol. The predicted octanol–water partition coefficient (Wildman–Crippen LogP) is 3.32. The van der Waals surface area contributed by atoms with Gasteiger partial charge in [-0.05, 0) is 38.5 Å². The van der Waals surface area contributed by atoms with Crippen LogP contribution in [0, 0.1) is 0 Å². The fraction of sp³-hybridized carbons (Fsp3) is 0.500. The van der Waals surface area contributed by atoms with Gasteiger partial charge in [-0.2, -0.15) is 0 Å². The first-order valence-corrected chi connectivity index (χ1v) is 7.19. The van der Waals surface area contributed by atoms with Crippen LogP contribution in [0.2, 0.25) is 0 Å². The summed E-state index contributed by atoms with van der Waals surface area (Å²) in [4.78, 5) is 16.6. The third kappa shape index (κ3) is 3.82. The molecule has 0 amide bonds. The van der Waals surface area contributed by atoms with Gasteiger partial charge >= 0.3 is 6.09 Å². The number of ether oxygens (including phenoxy) is 1. The molecule has 0 aliphatic heterocycles. The lowest BCUT2D eigenvalue weighted by Gasteiger charge is -2.19. The molecule has 2 aromatic heterocycles. The standard InChI is InChI=1S/C16H23N3O2/c1-11(2)18-9-12-10-19(15(20)21-16(3,4)5)14-13(12)7-6-8-17-14/h6-8,10-11,18H,9H2,1-5H3. The van der Waals surface area contributed by atoms with E-state index in [1.54, 1.807) is 12.4 Å². The highest BCUT2D eigenvalue weighted by atomic mass is 16.6. The fourth-order valence-electron chi connectivity index (χ4n) is 2.03. The summed E-state index contributed by atoms with van der Waals surface area (Å²) in [5.41, 5.74) is 1.14. The first-order chi connectivity index (χ1) is 9.78. The summed E-state index contributed by atoms with van der Waals surface area (Å²) in [6.45, 7) is 10.4. The minimum absolute atomic E-state index is 0.376. The molecule has 0 spiro atoms. The number of nitrogens with one attached hydrogen (secondary N) is 1. The summed E-state index contributed by atoms with van der Waals surface area (Å²) in [5, 5.41) is 4.33. The second kappa shape index (κ2) is 5.85. The van der Waals surface area contributed by atoms with Crippen molar-refractivity contribution in [2.24, 2.45) is 0 Å². The molecule has 0 aliphatic carbocycles. The van der Waals surface area contributed by atoms with E-state index in [1.807, 2.05) is 32.9 Å². The van der Waals surface area contributed by atoms with Crippen molar-refractivity contribution in [1.29, 1.82) is 0 Å². The molecule has 0 fully saturated rings. The Bertz CT molecular complexity index is 638. The van der Waals surface area contributed by atoms with Crippen LogP contribution in [0.5, 0.6) is 0 Å². The summed E-state index contributed by atoms with van der Waals surface area (Å²) in [5.74, 6) is 0. The number of rotatable bonds is 3. The Morgan fingerprint density at radius 3 is 2.76 bits per heavy atom. The van der Waals surface area contributed by atoms with E-state index in [1.165, 1.54) is 4.57 Å². The average Bonchev–Trinajstić information content (AvgIpc) is 2.73. The number of fused-ring (bicyclic) bond motifs is 1.